The van der Waals surface area contributed by atoms with Gasteiger partial charge in [0.15, 0.2) is 11.9 Å². The first kappa shape index (κ1) is 25.6. The first-order valence-corrected chi connectivity index (χ1v) is 11.4. The van der Waals surface area contributed by atoms with Crippen LogP contribution in [0.1, 0.15) is 31.9 Å². The standard InChI is InChI=1S/C25H31NO8/c1-17(24(29)26-18(2)23(34-25(26)30)19-7-4-3-5-8-19)22-21(28)11-10-20(33-22)9-6-13-31-15-16-32-14-12-27/h3-5,7-11,17-18,22-23,27H,6,12-16H2,1-2H3/t17-,18-,22-,23-/m0/s1. The number of cyclic esters (lactones) is 1. The Labute approximate surface area is 198 Å². The lowest BCUT2D eigenvalue weighted by Crippen LogP contribution is -2.47. The predicted molar refractivity (Wildman–Crippen MR) is 122 cm³/mol. The molecule has 0 unspecified atom stereocenters. The maximum Gasteiger partial charge on any atom is 0.417 e. The van der Waals surface area contributed by atoms with Crippen molar-refractivity contribution in [1.29, 1.82) is 0 Å². The van der Waals surface area contributed by atoms with Crippen molar-refractivity contribution in [1.82, 2.24) is 4.90 Å². The van der Waals surface area contributed by atoms with Gasteiger partial charge < -0.3 is 24.1 Å². The number of amides is 2. The lowest BCUT2D eigenvalue weighted by molar-refractivity contribution is -0.142. The minimum Gasteiger partial charge on any atom is -0.482 e. The lowest BCUT2D eigenvalue weighted by Gasteiger charge is -2.28. The molecule has 184 valence electrons. The number of hydrogen-bond donors (Lipinski definition) is 1. The number of ether oxygens (including phenoxy) is 4. The van der Waals surface area contributed by atoms with E-state index in [1.54, 1.807) is 26.0 Å². The van der Waals surface area contributed by atoms with Crippen LogP contribution in [0.25, 0.3) is 0 Å². The Hall–Kier alpha value is -3.01. The summed E-state index contributed by atoms with van der Waals surface area (Å²) in [6.45, 7) is 4.80. The van der Waals surface area contributed by atoms with E-state index in [4.69, 9.17) is 24.1 Å². The third kappa shape index (κ3) is 6.31. The van der Waals surface area contributed by atoms with Crippen molar-refractivity contribution in [2.24, 2.45) is 5.92 Å². The minimum absolute atomic E-state index is 0.0257. The number of nitrogens with zero attached hydrogens (tertiary/aromatic N) is 1. The Morgan fingerprint density at radius 2 is 1.79 bits per heavy atom. The van der Waals surface area contributed by atoms with Crippen molar-refractivity contribution >= 4 is 17.8 Å². The van der Waals surface area contributed by atoms with Gasteiger partial charge in [-0.2, -0.15) is 0 Å². The summed E-state index contributed by atoms with van der Waals surface area (Å²) in [6.07, 6.45) is 2.92. The number of benzene rings is 1. The van der Waals surface area contributed by atoms with Crippen LogP contribution in [0.3, 0.4) is 0 Å². The van der Waals surface area contributed by atoms with Gasteiger partial charge in [0.1, 0.15) is 11.9 Å². The number of allylic oxidation sites excluding steroid dienone is 1. The van der Waals surface area contributed by atoms with E-state index in [2.05, 4.69) is 0 Å². The molecule has 1 saturated heterocycles. The highest BCUT2D eigenvalue weighted by Gasteiger charge is 2.47. The molecule has 4 atom stereocenters. The van der Waals surface area contributed by atoms with Gasteiger partial charge in [-0.15, -0.1) is 0 Å². The summed E-state index contributed by atoms with van der Waals surface area (Å²) in [5.74, 6) is -1.28. The molecule has 34 heavy (non-hydrogen) atoms. The summed E-state index contributed by atoms with van der Waals surface area (Å²) in [5, 5.41) is 8.65. The molecule has 1 fully saturated rings. The summed E-state index contributed by atoms with van der Waals surface area (Å²) in [6, 6.07) is 8.70. The number of carbonyl (C=O) groups excluding carboxylic acids is 3. The molecule has 0 saturated carbocycles. The van der Waals surface area contributed by atoms with Crippen LogP contribution >= 0.6 is 0 Å². The van der Waals surface area contributed by atoms with Crippen LogP contribution in [0.4, 0.5) is 4.79 Å². The molecule has 1 N–H and O–H groups in total. The summed E-state index contributed by atoms with van der Waals surface area (Å²) in [7, 11) is 0. The molecule has 0 spiro atoms. The Bertz CT molecular complexity index is 913. The number of aliphatic hydroxyl groups is 1. The van der Waals surface area contributed by atoms with Crippen LogP contribution in [0, 0.1) is 5.92 Å². The summed E-state index contributed by atoms with van der Waals surface area (Å²) in [5.41, 5.74) is 0.798. The van der Waals surface area contributed by atoms with Crippen molar-refractivity contribution in [2.75, 3.05) is 33.0 Å². The maximum absolute atomic E-state index is 13.2. The molecule has 0 aromatic heterocycles. The monoisotopic (exact) mass is 473 g/mol. The van der Waals surface area contributed by atoms with Gasteiger partial charge in [0, 0.05) is 0 Å². The van der Waals surface area contributed by atoms with Crippen LogP contribution < -0.4 is 0 Å². The van der Waals surface area contributed by atoms with Gasteiger partial charge in [0.05, 0.1) is 45.0 Å². The number of ketones is 1. The Morgan fingerprint density at radius 1 is 1.09 bits per heavy atom. The van der Waals surface area contributed by atoms with Crippen molar-refractivity contribution in [2.45, 2.75) is 38.5 Å². The zero-order valence-corrected chi connectivity index (χ0v) is 19.4. The molecule has 3 rings (SSSR count). The van der Waals surface area contributed by atoms with E-state index in [0.717, 1.165) is 10.5 Å². The Kier molecular flexibility index (Phi) is 9.38. The molecular formula is C25H31NO8. The molecule has 1 aromatic carbocycles. The molecule has 0 bridgehead atoms. The number of aliphatic hydroxyl groups excluding tert-OH is 1. The molecule has 1 aromatic rings. The summed E-state index contributed by atoms with van der Waals surface area (Å²) in [4.78, 5) is 39.3. The molecule has 2 aliphatic heterocycles. The Morgan fingerprint density at radius 3 is 2.50 bits per heavy atom. The zero-order chi connectivity index (χ0) is 24.5. The fourth-order valence-electron chi connectivity index (χ4n) is 3.83. The predicted octanol–water partition coefficient (Wildman–Crippen LogP) is 2.55. The van der Waals surface area contributed by atoms with Crippen LogP contribution in [0.2, 0.25) is 0 Å². The van der Waals surface area contributed by atoms with Crippen LogP contribution in [0.5, 0.6) is 0 Å². The molecule has 0 radical (unpaired) electrons. The number of carbonyl (C=O) groups is 3. The normalized spacial score (nSPS) is 24.3. The first-order valence-electron chi connectivity index (χ1n) is 11.4. The molecule has 2 aliphatic rings. The van der Waals surface area contributed by atoms with E-state index in [1.807, 2.05) is 30.3 Å². The molecule has 2 amide bonds. The van der Waals surface area contributed by atoms with E-state index >= 15 is 0 Å². The quantitative estimate of drug-likeness (QED) is 0.488. The van der Waals surface area contributed by atoms with E-state index < -0.39 is 36.2 Å². The van der Waals surface area contributed by atoms with Gasteiger partial charge in [-0.05, 0) is 44.1 Å². The molecule has 0 aliphatic carbocycles. The summed E-state index contributed by atoms with van der Waals surface area (Å²) < 4.78 is 21.8. The maximum atomic E-state index is 13.2. The molecule has 2 heterocycles. The fourth-order valence-corrected chi connectivity index (χ4v) is 3.83. The van der Waals surface area contributed by atoms with Gasteiger partial charge in [0.2, 0.25) is 5.91 Å². The van der Waals surface area contributed by atoms with Crippen molar-refractivity contribution in [3.05, 3.63) is 59.9 Å². The van der Waals surface area contributed by atoms with Crippen molar-refractivity contribution in [3.8, 4) is 0 Å². The van der Waals surface area contributed by atoms with E-state index in [0.29, 0.717) is 32.0 Å². The first-order chi connectivity index (χ1) is 16.4. The minimum atomic E-state index is -1.03. The molecule has 9 heteroatoms. The average molecular weight is 474 g/mol. The third-order valence-electron chi connectivity index (χ3n) is 5.65. The average Bonchev–Trinajstić information content (AvgIpc) is 3.15. The van der Waals surface area contributed by atoms with Crippen molar-refractivity contribution < 1.29 is 38.4 Å². The van der Waals surface area contributed by atoms with E-state index in [1.165, 1.54) is 6.08 Å². The topological polar surface area (TPSA) is 112 Å². The second-order valence-electron chi connectivity index (χ2n) is 8.07. The van der Waals surface area contributed by atoms with Crippen LogP contribution in [-0.4, -0.2) is 73.0 Å². The molecular weight excluding hydrogens is 442 g/mol. The highest BCUT2D eigenvalue weighted by molar-refractivity contribution is 6.01. The largest absolute Gasteiger partial charge is 0.482 e. The smallest absolute Gasteiger partial charge is 0.417 e. The second kappa shape index (κ2) is 12.5. The second-order valence-corrected chi connectivity index (χ2v) is 8.07. The fraction of sp³-hybridized carbons (Fsp3) is 0.480. The van der Waals surface area contributed by atoms with Gasteiger partial charge in [-0.25, -0.2) is 9.69 Å². The SMILES string of the molecule is C[C@H](C(=O)N1C(=O)O[C@H](c2ccccc2)[C@@H]1C)[C@@H]1OC(=CCCOCCOCCO)C=CC1=O. The summed E-state index contributed by atoms with van der Waals surface area (Å²) >= 11 is 0. The van der Waals surface area contributed by atoms with Gasteiger partial charge in [-0.1, -0.05) is 30.3 Å². The zero-order valence-electron chi connectivity index (χ0n) is 19.4. The van der Waals surface area contributed by atoms with Gasteiger partial charge in [0.25, 0.3) is 0 Å². The lowest BCUT2D eigenvalue weighted by atomic mass is 9.95. The van der Waals surface area contributed by atoms with Gasteiger partial charge >= 0.3 is 6.09 Å². The number of rotatable bonds is 11. The molecule has 9 nitrogen and oxygen atoms in total. The Balaban J connectivity index is 1.56. The van der Waals surface area contributed by atoms with Crippen LogP contribution in [-0.2, 0) is 28.5 Å². The third-order valence-corrected chi connectivity index (χ3v) is 5.65. The van der Waals surface area contributed by atoms with E-state index in [9.17, 15) is 14.4 Å². The van der Waals surface area contributed by atoms with Crippen molar-refractivity contribution in [3.63, 3.8) is 0 Å². The van der Waals surface area contributed by atoms with Gasteiger partial charge in [-0.3, -0.25) is 9.59 Å². The number of imide groups is 1. The van der Waals surface area contributed by atoms with Crippen LogP contribution in [0.15, 0.2) is 54.3 Å². The highest BCUT2D eigenvalue weighted by Crippen LogP contribution is 2.34. The van der Waals surface area contributed by atoms with E-state index in [-0.39, 0.29) is 19.0 Å². The highest BCUT2D eigenvalue weighted by atomic mass is 16.6. The number of hydrogen-bond acceptors (Lipinski definition) is 8.